The number of benzene rings is 1. The first-order valence-corrected chi connectivity index (χ1v) is 9.65. The van der Waals surface area contributed by atoms with Crippen LogP contribution in [0.1, 0.15) is 42.3 Å². The van der Waals surface area contributed by atoms with Crippen molar-refractivity contribution in [1.29, 1.82) is 0 Å². The van der Waals surface area contributed by atoms with E-state index < -0.39 is 0 Å². The van der Waals surface area contributed by atoms with Crippen LogP contribution in [0.2, 0.25) is 0 Å². The van der Waals surface area contributed by atoms with E-state index in [0.29, 0.717) is 19.1 Å². The van der Waals surface area contributed by atoms with Gasteiger partial charge in [-0.2, -0.15) is 5.10 Å². The number of hydrogen-bond donors (Lipinski definition) is 2. The molecule has 1 atom stereocenters. The third kappa shape index (κ3) is 7.09. The first-order chi connectivity index (χ1) is 13.1. The summed E-state index contributed by atoms with van der Waals surface area (Å²) in [6, 6.07) is 10.5. The van der Waals surface area contributed by atoms with Crippen molar-refractivity contribution in [3.8, 4) is 0 Å². The predicted molar refractivity (Wildman–Crippen MR) is 127 cm³/mol. The summed E-state index contributed by atoms with van der Waals surface area (Å²) in [7, 11) is 1.71. The number of ether oxygens (including phenoxy) is 1. The Morgan fingerprint density at radius 1 is 1.21 bits per heavy atom. The zero-order valence-electron chi connectivity index (χ0n) is 17.7. The van der Waals surface area contributed by atoms with E-state index in [1.165, 1.54) is 11.1 Å². The lowest BCUT2D eigenvalue weighted by molar-refractivity contribution is 0.182. The van der Waals surface area contributed by atoms with Gasteiger partial charge in [-0.25, -0.2) is 4.99 Å². The Bertz CT molecular complexity index is 730. The van der Waals surface area contributed by atoms with Gasteiger partial charge in [-0.1, -0.05) is 37.3 Å². The third-order valence-corrected chi connectivity index (χ3v) is 4.72. The molecule has 0 aliphatic heterocycles. The molecule has 0 spiro atoms. The molecule has 1 unspecified atom stereocenters. The molecule has 0 bridgehead atoms. The molecule has 1 heterocycles. The number of aryl methyl sites for hydroxylation is 1. The lowest BCUT2D eigenvalue weighted by Gasteiger charge is -2.16. The topological polar surface area (TPSA) is 63.5 Å². The third-order valence-electron chi connectivity index (χ3n) is 4.72. The van der Waals surface area contributed by atoms with E-state index in [0.717, 1.165) is 37.0 Å². The van der Waals surface area contributed by atoms with Crippen LogP contribution in [0.3, 0.4) is 0 Å². The number of aliphatic imine (C=N–C) groups is 1. The van der Waals surface area contributed by atoms with E-state index in [-0.39, 0.29) is 24.0 Å². The van der Waals surface area contributed by atoms with Gasteiger partial charge in [0.25, 0.3) is 0 Å². The summed E-state index contributed by atoms with van der Waals surface area (Å²) in [6.07, 6.45) is 0. The van der Waals surface area contributed by atoms with Gasteiger partial charge in [-0.3, -0.25) is 4.68 Å². The fourth-order valence-electron chi connectivity index (χ4n) is 3.01. The highest BCUT2D eigenvalue weighted by Gasteiger charge is 2.12. The van der Waals surface area contributed by atoms with Crippen LogP contribution in [0.4, 0.5) is 0 Å². The lowest BCUT2D eigenvalue weighted by atomic mass is 10.0. The van der Waals surface area contributed by atoms with Crippen LogP contribution < -0.4 is 10.6 Å². The highest BCUT2D eigenvalue weighted by atomic mass is 127. The molecule has 2 rings (SSSR count). The predicted octanol–water partition coefficient (Wildman–Crippen LogP) is 3.62. The molecule has 0 saturated heterocycles. The second-order valence-corrected chi connectivity index (χ2v) is 6.75. The van der Waals surface area contributed by atoms with Gasteiger partial charge in [0.2, 0.25) is 0 Å². The fourth-order valence-corrected chi connectivity index (χ4v) is 3.01. The molecule has 7 heteroatoms. The van der Waals surface area contributed by atoms with Gasteiger partial charge in [0, 0.05) is 31.5 Å². The van der Waals surface area contributed by atoms with Crippen LogP contribution in [-0.2, 0) is 17.8 Å². The highest BCUT2D eigenvalue weighted by molar-refractivity contribution is 14.0. The number of halogens is 1. The Morgan fingerprint density at radius 3 is 2.57 bits per heavy atom. The molecular formula is C21H34IN5O. The van der Waals surface area contributed by atoms with Gasteiger partial charge < -0.3 is 15.4 Å². The van der Waals surface area contributed by atoms with Crippen LogP contribution in [0, 0.1) is 13.8 Å². The fraction of sp³-hybridized carbons (Fsp3) is 0.524. The summed E-state index contributed by atoms with van der Waals surface area (Å²) in [6.45, 7) is 12.1. The van der Waals surface area contributed by atoms with Crippen molar-refractivity contribution in [2.45, 2.75) is 46.7 Å². The van der Waals surface area contributed by atoms with Crippen LogP contribution in [0.5, 0.6) is 0 Å². The Balaban J connectivity index is 0.00000392. The molecule has 1 aromatic carbocycles. The Labute approximate surface area is 186 Å². The lowest BCUT2D eigenvalue weighted by Crippen LogP contribution is -2.39. The standard InChI is InChI=1S/C21H33N5O.HI/c1-6-22-21(23-14-16(2)19-10-8-7-9-11-19)24-15-20-17(3)25-26(18(20)4)12-13-27-5;/h7-11,16H,6,12-15H2,1-5H3,(H2,22,23,24);1H. The smallest absolute Gasteiger partial charge is 0.191 e. The van der Waals surface area contributed by atoms with Crippen molar-refractivity contribution < 1.29 is 4.74 Å². The molecule has 0 aliphatic rings. The minimum Gasteiger partial charge on any atom is -0.383 e. The molecule has 28 heavy (non-hydrogen) atoms. The summed E-state index contributed by atoms with van der Waals surface area (Å²) >= 11 is 0. The van der Waals surface area contributed by atoms with Crippen molar-refractivity contribution in [3.63, 3.8) is 0 Å². The monoisotopic (exact) mass is 499 g/mol. The molecule has 6 nitrogen and oxygen atoms in total. The largest absolute Gasteiger partial charge is 0.383 e. The van der Waals surface area contributed by atoms with E-state index in [9.17, 15) is 0 Å². The van der Waals surface area contributed by atoms with E-state index in [1.54, 1.807) is 7.11 Å². The molecule has 2 N–H and O–H groups in total. The number of aromatic nitrogens is 2. The normalized spacial score (nSPS) is 12.4. The van der Waals surface area contributed by atoms with Crippen LogP contribution >= 0.6 is 24.0 Å². The molecule has 1 aromatic heterocycles. The van der Waals surface area contributed by atoms with Gasteiger partial charge in [-0.15, -0.1) is 24.0 Å². The summed E-state index contributed by atoms with van der Waals surface area (Å²) in [5.41, 5.74) is 4.69. The van der Waals surface area contributed by atoms with Crippen molar-refractivity contribution in [2.24, 2.45) is 4.99 Å². The summed E-state index contributed by atoms with van der Waals surface area (Å²) in [4.78, 5) is 4.77. The minimum atomic E-state index is 0. The molecule has 0 radical (unpaired) electrons. The molecule has 0 saturated carbocycles. The molecule has 0 aliphatic carbocycles. The maximum atomic E-state index is 5.16. The van der Waals surface area contributed by atoms with Gasteiger partial charge in [0.1, 0.15) is 0 Å². The minimum absolute atomic E-state index is 0. The zero-order chi connectivity index (χ0) is 19.6. The van der Waals surface area contributed by atoms with Crippen LogP contribution in [0.25, 0.3) is 0 Å². The van der Waals surface area contributed by atoms with Crippen molar-refractivity contribution in [3.05, 3.63) is 52.8 Å². The number of nitrogens with one attached hydrogen (secondary N) is 2. The summed E-state index contributed by atoms with van der Waals surface area (Å²) in [5.74, 6) is 1.25. The zero-order valence-corrected chi connectivity index (χ0v) is 20.0. The van der Waals surface area contributed by atoms with E-state index in [1.807, 2.05) is 17.7 Å². The number of guanidine groups is 1. The number of methoxy groups -OCH3 is 1. The van der Waals surface area contributed by atoms with Gasteiger partial charge in [0.05, 0.1) is 25.4 Å². The number of rotatable bonds is 9. The molecule has 0 amide bonds. The van der Waals surface area contributed by atoms with Gasteiger partial charge in [0.15, 0.2) is 5.96 Å². The first-order valence-electron chi connectivity index (χ1n) is 9.65. The molecule has 156 valence electrons. The maximum Gasteiger partial charge on any atom is 0.191 e. The van der Waals surface area contributed by atoms with E-state index in [2.05, 4.69) is 60.8 Å². The van der Waals surface area contributed by atoms with Crippen molar-refractivity contribution in [1.82, 2.24) is 20.4 Å². The van der Waals surface area contributed by atoms with Crippen molar-refractivity contribution in [2.75, 3.05) is 26.8 Å². The SMILES string of the molecule is CCNC(=NCc1c(C)nn(CCOC)c1C)NCC(C)c1ccccc1.I. The van der Waals surface area contributed by atoms with E-state index >= 15 is 0 Å². The molecule has 0 fully saturated rings. The van der Waals surface area contributed by atoms with Crippen LogP contribution in [-0.4, -0.2) is 42.5 Å². The second kappa shape index (κ2) is 12.8. The summed E-state index contributed by atoms with van der Waals surface area (Å²) < 4.78 is 7.16. The highest BCUT2D eigenvalue weighted by Crippen LogP contribution is 2.15. The number of hydrogen-bond acceptors (Lipinski definition) is 3. The average Bonchev–Trinajstić information content (AvgIpc) is 2.95. The van der Waals surface area contributed by atoms with Crippen LogP contribution in [0.15, 0.2) is 35.3 Å². The Hall–Kier alpha value is -1.61. The second-order valence-electron chi connectivity index (χ2n) is 6.75. The molecular weight excluding hydrogens is 465 g/mol. The average molecular weight is 499 g/mol. The van der Waals surface area contributed by atoms with E-state index in [4.69, 9.17) is 9.73 Å². The summed E-state index contributed by atoms with van der Waals surface area (Å²) in [5, 5.41) is 11.4. The maximum absolute atomic E-state index is 5.16. The van der Waals surface area contributed by atoms with Gasteiger partial charge >= 0.3 is 0 Å². The van der Waals surface area contributed by atoms with Crippen molar-refractivity contribution >= 4 is 29.9 Å². The van der Waals surface area contributed by atoms with Gasteiger partial charge in [-0.05, 0) is 32.3 Å². The Kier molecular flexibility index (Phi) is 11.1. The number of nitrogens with zero attached hydrogens (tertiary/aromatic N) is 3. The quantitative estimate of drug-likeness (QED) is 0.314. The molecule has 2 aromatic rings. The first kappa shape index (κ1) is 24.4. The Morgan fingerprint density at radius 2 is 1.93 bits per heavy atom.